The first-order valence-corrected chi connectivity index (χ1v) is 13.0. The molecule has 37 heavy (non-hydrogen) atoms. The molecule has 1 saturated heterocycles. The molecule has 1 aromatic heterocycles. The fraction of sp³-hybridized carbons (Fsp3) is 0.357. The van der Waals surface area contributed by atoms with Crippen LogP contribution in [0.5, 0.6) is 0 Å². The number of carbonyl (C=O) groups excluding carboxylic acids is 1. The summed E-state index contributed by atoms with van der Waals surface area (Å²) in [7, 11) is 1.60. The van der Waals surface area contributed by atoms with Gasteiger partial charge in [-0.15, -0.1) is 5.10 Å². The third kappa shape index (κ3) is 4.60. The van der Waals surface area contributed by atoms with Crippen molar-refractivity contribution in [1.29, 1.82) is 5.26 Å². The SMILES string of the molecule is COC1=C(c2cc(Cl)cc(Cl)c2)C(=O)N2C[C@@H](n3cc(CC(C)C)nn3)C[C@@]12Cc1ccc(C#N)cc1. The highest BCUT2D eigenvalue weighted by molar-refractivity contribution is 6.35. The van der Waals surface area contributed by atoms with Gasteiger partial charge in [0.2, 0.25) is 0 Å². The molecule has 2 aliphatic heterocycles. The summed E-state index contributed by atoms with van der Waals surface area (Å²) in [6, 6.07) is 14.7. The van der Waals surface area contributed by atoms with E-state index in [9.17, 15) is 10.1 Å². The first-order valence-electron chi connectivity index (χ1n) is 12.2. The van der Waals surface area contributed by atoms with Crippen LogP contribution >= 0.6 is 23.2 Å². The Labute approximate surface area is 226 Å². The molecule has 2 atom stereocenters. The van der Waals surface area contributed by atoms with Crippen molar-refractivity contribution in [2.75, 3.05) is 13.7 Å². The Morgan fingerprint density at radius 3 is 2.51 bits per heavy atom. The molecule has 0 aliphatic carbocycles. The zero-order valence-corrected chi connectivity index (χ0v) is 22.4. The van der Waals surface area contributed by atoms with Crippen molar-refractivity contribution in [2.24, 2.45) is 5.92 Å². The van der Waals surface area contributed by atoms with E-state index in [1.807, 2.05) is 27.9 Å². The number of fused-ring (bicyclic) bond motifs is 1. The van der Waals surface area contributed by atoms with E-state index in [0.717, 1.165) is 17.7 Å². The number of nitriles is 1. The van der Waals surface area contributed by atoms with Gasteiger partial charge in [0, 0.05) is 35.6 Å². The molecule has 2 aliphatic rings. The molecule has 3 aromatic rings. The maximum atomic E-state index is 14.0. The van der Waals surface area contributed by atoms with Gasteiger partial charge in [-0.05, 0) is 53.8 Å². The van der Waals surface area contributed by atoms with Crippen LogP contribution in [0.25, 0.3) is 5.57 Å². The van der Waals surface area contributed by atoms with Crippen LogP contribution in [0.2, 0.25) is 10.0 Å². The zero-order valence-electron chi connectivity index (χ0n) is 20.9. The van der Waals surface area contributed by atoms with Gasteiger partial charge >= 0.3 is 0 Å². The summed E-state index contributed by atoms with van der Waals surface area (Å²) < 4.78 is 7.92. The number of aromatic nitrogens is 3. The van der Waals surface area contributed by atoms with Crippen molar-refractivity contribution in [1.82, 2.24) is 19.9 Å². The highest BCUT2D eigenvalue weighted by atomic mass is 35.5. The minimum Gasteiger partial charge on any atom is -0.498 e. The number of methoxy groups -OCH3 is 1. The molecule has 190 valence electrons. The van der Waals surface area contributed by atoms with Gasteiger partial charge in [0.15, 0.2) is 0 Å². The molecule has 7 nitrogen and oxygen atoms in total. The van der Waals surface area contributed by atoms with Gasteiger partial charge in [-0.3, -0.25) is 4.79 Å². The van der Waals surface area contributed by atoms with Crippen LogP contribution in [0.1, 0.15) is 48.7 Å². The second-order valence-corrected chi connectivity index (χ2v) is 11.0. The van der Waals surface area contributed by atoms with Crippen molar-refractivity contribution in [3.8, 4) is 6.07 Å². The lowest BCUT2D eigenvalue weighted by molar-refractivity contribution is -0.126. The highest BCUT2D eigenvalue weighted by Gasteiger charge is 2.58. The number of ether oxygens (including phenoxy) is 1. The average Bonchev–Trinajstić information content (AvgIpc) is 3.51. The number of nitrogens with zero attached hydrogens (tertiary/aromatic N) is 5. The van der Waals surface area contributed by atoms with E-state index >= 15 is 0 Å². The summed E-state index contributed by atoms with van der Waals surface area (Å²) in [4.78, 5) is 15.9. The number of hydrogen-bond acceptors (Lipinski definition) is 5. The molecular formula is C28H27Cl2N5O2. The molecule has 1 fully saturated rings. The monoisotopic (exact) mass is 535 g/mol. The molecule has 0 N–H and O–H groups in total. The topological polar surface area (TPSA) is 84.0 Å². The number of rotatable bonds is 7. The molecule has 0 bridgehead atoms. The Kier molecular flexibility index (Phi) is 6.74. The normalized spacial score (nSPS) is 21.1. The standard InChI is InChI=1S/C28H27Cl2N5O2/c1-17(2)8-23-15-35(33-32-23)24-13-28(12-18-4-6-19(14-31)7-5-18)26(37-3)25(27(36)34(28)16-24)20-9-21(29)11-22(30)10-20/h4-7,9-11,15,17,24H,8,12-13,16H2,1-3H3/t24-,28-/m0/s1. The number of benzene rings is 2. The predicted octanol–water partition coefficient (Wildman–Crippen LogP) is 5.48. The van der Waals surface area contributed by atoms with Gasteiger partial charge < -0.3 is 9.64 Å². The van der Waals surface area contributed by atoms with Crippen molar-refractivity contribution < 1.29 is 9.53 Å². The Morgan fingerprint density at radius 1 is 1.19 bits per heavy atom. The van der Waals surface area contributed by atoms with Gasteiger partial charge in [-0.25, -0.2) is 4.68 Å². The molecule has 0 saturated carbocycles. The Hall–Kier alpha value is -3.34. The summed E-state index contributed by atoms with van der Waals surface area (Å²) in [6.07, 6.45) is 3.95. The van der Waals surface area contributed by atoms with Crippen LogP contribution in [0.15, 0.2) is 54.4 Å². The molecule has 2 aromatic carbocycles. The predicted molar refractivity (Wildman–Crippen MR) is 142 cm³/mol. The first-order chi connectivity index (χ1) is 17.7. The van der Waals surface area contributed by atoms with Crippen molar-refractivity contribution in [2.45, 2.75) is 44.7 Å². The molecule has 5 rings (SSSR count). The van der Waals surface area contributed by atoms with Crippen LogP contribution in [0.3, 0.4) is 0 Å². The summed E-state index contributed by atoms with van der Waals surface area (Å²) >= 11 is 12.6. The highest BCUT2D eigenvalue weighted by Crippen LogP contribution is 2.51. The number of carbonyl (C=O) groups is 1. The third-order valence-electron chi connectivity index (χ3n) is 7.08. The van der Waals surface area contributed by atoms with E-state index in [1.54, 1.807) is 37.4 Å². The Balaban J connectivity index is 1.60. The lowest BCUT2D eigenvalue weighted by Gasteiger charge is -2.34. The van der Waals surface area contributed by atoms with Gasteiger partial charge in [-0.2, -0.15) is 5.26 Å². The minimum absolute atomic E-state index is 0.0645. The molecule has 9 heteroatoms. The largest absolute Gasteiger partial charge is 0.498 e. The van der Waals surface area contributed by atoms with Crippen LogP contribution < -0.4 is 0 Å². The fourth-order valence-corrected chi connectivity index (χ4v) is 6.14. The van der Waals surface area contributed by atoms with Crippen LogP contribution in [0, 0.1) is 17.2 Å². The Bertz CT molecular complexity index is 1400. The van der Waals surface area contributed by atoms with Gasteiger partial charge in [0.05, 0.1) is 36.1 Å². The van der Waals surface area contributed by atoms with E-state index in [-0.39, 0.29) is 11.9 Å². The maximum absolute atomic E-state index is 14.0. The van der Waals surface area contributed by atoms with Crippen LogP contribution in [-0.4, -0.2) is 45.0 Å². The van der Waals surface area contributed by atoms with Crippen molar-refractivity contribution in [3.63, 3.8) is 0 Å². The van der Waals surface area contributed by atoms with E-state index in [1.165, 1.54) is 0 Å². The second kappa shape index (κ2) is 9.85. The van der Waals surface area contributed by atoms with Gasteiger partial charge in [-0.1, -0.05) is 54.4 Å². The molecule has 0 unspecified atom stereocenters. The smallest absolute Gasteiger partial charge is 0.258 e. The van der Waals surface area contributed by atoms with E-state index in [2.05, 4.69) is 30.2 Å². The van der Waals surface area contributed by atoms with E-state index in [4.69, 9.17) is 27.9 Å². The first kappa shape index (κ1) is 25.3. The summed E-state index contributed by atoms with van der Waals surface area (Å²) in [5.41, 5.74) is 2.88. The lowest BCUT2D eigenvalue weighted by atomic mass is 9.85. The van der Waals surface area contributed by atoms with Crippen LogP contribution in [0.4, 0.5) is 0 Å². The van der Waals surface area contributed by atoms with E-state index < -0.39 is 5.54 Å². The van der Waals surface area contributed by atoms with Crippen molar-refractivity contribution >= 4 is 34.7 Å². The van der Waals surface area contributed by atoms with Crippen molar-refractivity contribution in [3.05, 3.63) is 86.9 Å². The Morgan fingerprint density at radius 2 is 1.89 bits per heavy atom. The van der Waals surface area contributed by atoms with Gasteiger partial charge in [0.1, 0.15) is 11.3 Å². The summed E-state index contributed by atoms with van der Waals surface area (Å²) in [6.45, 7) is 4.76. The molecular weight excluding hydrogens is 509 g/mol. The second-order valence-electron chi connectivity index (χ2n) is 10.1. The maximum Gasteiger partial charge on any atom is 0.258 e. The lowest BCUT2D eigenvalue weighted by Crippen LogP contribution is -2.45. The fourth-order valence-electron chi connectivity index (χ4n) is 5.62. The van der Waals surface area contributed by atoms with Crippen LogP contribution in [-0.2, 0) is 22.4 Å². The molecule has 3 heterocycles. The third-order valence-corrected chi connectivity index (χ3v) is 7.51. The quantitative estimate of drug-likeness (QED) is 0.399. The number of hydrogen-bond donors (Lipinski definition) is 0. The molecule has 1 amide bonds. The number of amides is 1. The zero-order chi connectivity index (χ0) is 26.3. The summed E-state index contributed by atoms with van der Waals surface area (Å²) in [5.74, 6) is 0.926. The minimum atomic E-state index is -0.737. The van der Waals surface area contributed by atoms with Gasteiger partial charge in [0.25, 0.3) is 5.91 Å². The molecule has 0 spiro atoms. The average molecular weight is 536 g/mol. The summed E-state index contributed by atoms with van der Waals surface area (Å²) in [5, 5.41) is 18.9. The molecule has 0 radical (unpaired) electrons. The van der Waals surface area contributed by atoms with E-state index in [0.29, 0.717) is 57.8 Å². The number of halogens is 2.